The molecule has 0 aliphatic heterocycles. The van der Waals surface area contributed by atoms with Crippen LogP contribution in [0.3, 0.4) is 0 Å². The van der Waals surface area contributed by atoms with E-state index in [1.807, 2.05) is 17.5 Å². The third-order valence-corrected chi connectivity index (χ3v) is 9.65. The van der Waals surface area contributed by atoms with E-state index < -0.39 is 0 Å². The lowest BCUT2D eigenvalue weighted by Crippen LogP contribution is -2.31. The minimum Gasteiger partial charge on any atom is -0.200 e. The Morgan fingerprint density at radius 3 is 2.19 bits per heavy atom. The van der Waals surface area contributed by atoms with Gasteiger partial charge in [-0.3, -0.25) is 0 Å². The van der Waals surface area contributed by atoms with Crippen LogP contribution in [-0.4, -0.2) is 0 Å². The Balaban J connectivity index is 1.56. The molecule has 0 aliphatic carbocycles. The molecule has 3 heteroatoms. The highest BCUT2D eigenvalue weighted by molar-refractivity contribution is 7.26. The molecule has 0 saturated carbocycles. The molecule has 0 unspecified atom stereocenters. The molecule has 0 amide bonds. The average molecular weight is 568 g/mol. The molecule has 6 aromatic rings. The van der Waals surface area contributed by atoms with Gasteiger partial charge in [0.15, 0.2) is 6.20 Å². The van der Waals surface area contributed by atoms with Gasteiger partial charge >= 0.3 is 0 Å². The maximum Gasteiger partial charge on any atom is 0.213 e. The van der Waals surface area contributed by atoms with Crippen molar-refractivity contribution >= 4 is 42.3 Å². The first-order valence-electron chi connectivity index (χ1n) is 14.8. The fraction of sp³-hybridized carbons (Fsp3) is 0.282. The van der Waals surface area contributed by atoms with Crippen molar-refractivity contribution in [1.29, 1.82) is 5.26 Å². The molecule has 0 fully saturated rings. The molecular formula is C39H39N2S+. The van der Waals surface area contributed by atoms with E-state index in [9.17, 15) is 5.26 Å². The Morgan fingerprint density at radius 2 is 1.50 bits per heavy atom. The van der Waals surface area contributed by atoms with Gasteiger partial charge in [0.2, 0.25) is 5.69 Å². The average Bonchev–Trinajstić information content (AvgIpc) is 3.31. The Labute approximate surface area is 253 Å². The van der Waals surface area contributed by atoms with Crippen LogP contribution >= 0.6 is 11.3 Å². The summed E-state index contributed by atoms with van der Waals surface area (Å²) in [5.74, 6) is 0. The summed E-state index contributed by atoms with van der Waals surface area (Å²) in [5.41, 5.74) is 9.29. The van der Waals surface area contributed by atoms with Crippen molar-refractivity contribution in [3.8, 4) is 28.5 Å². The van der Waals surface area contributed by atoms with Gasteiger partial charge < -0.3 is 0 Å². The highest BCUT2D eigenvalue weighted by atomic mass is 32.1. The number of hydrogen-bond donors (Lipinski definition) is 0. The summed E-state index contributed by atoms with van der Waals surface area (Å²) in [6, 6.07) is 29.3. The molecule has 0 bridgehead atoms. The standard InChI is InChI=1S/C39H39N2S/c1-24-28-13-9-10-14-29(28)34(39(5,6)7)19-32(24)35-20-33(27(22-40)23-41(35)8)25-16-17-30-31-15-11-12-26(21-38(2,3)4)37(31)42-36(30)18-25/h9-20,23H,21H2,1-8H3/q+1. The number of fused-ring (bicyclic) bond motifs is 4. The molecule has 210 valence electrons. The molecule has 6 rings (SSSR count). The van der Waals surface area contributed by atoms with Crippen molar-refractivity contribution in [3.05, 3.63) is 101 Å². The molecule has 2 heterocycles. The van der Waals surface area contributed by atoms with Crippen molar-refractivity contribution in [2.24, 2.45) is 12.5 Å². The Bertz CT molecular complexity index is 2060. The zero-order valence-corrected chi connectivity index (χ0v) is 26.8. The first kappa shape index (κ1) is 28.1. The van der Waals surface area contributed by atoms with Crippen LogP contribution in [0.2, 0.25) is 0 Å². The molecule has 0 saturated heterocycles. The predicted octanol–water partition coefficient (Wildman–Crippen LogP) is 10.4. The highest BCUT2D eigenvalue weighted by Gasteiger charge is 2.25. The topological polar surface area (TPSA) is 27.7 Å². The van der Waals surface area contributed by atoms with E-state index in [2.05, 4.69) is 139 Å². The summed E-state index contributed by atoms with van der Waals surface area (Å²) in [4.78, 5) is 0. The zero-order valence-electron chi connectivity index (χ0n) is 26.0. The molecule has 0 spiro atoms. The minimum absolute atomic E-state index is 0.00585. The summed E-state index contributed by atoms with van der Waals surface area (Å²) >= 11 is 1.88. The van der Waals surface area contributed by atoms with E-state index >= 15 is 0 Å². The predicted molar refractivity (Wildman–Crippen MR) is 180 cm³/mol. The second-order valence-corrected chi connectivity index (χ2v) is 15.0. The van der Waals surface area contributed by atoms with E-state index in [4.69, 9.17) is 0 Å². The molecule has 4 aromatic carbocycles. The maximum atomic E-state index is 10.2. The van der Waals surface area contributed by atoms with Crippen LogP contribution in [0.4, 0.5) is 0 Å². The van der Waals surface area contributed by atoms with Crippen LogP contribution in [0.15, 0.2) is 79.0 Å². The Kier molecular flexibility index (Phi) is 6.75. The van der Waals surface area contributed by atoms with Gasteiger partial charge in [0.25, 0.3) is 0 Å². The maximum absolute atomic E-state index is 10.2. The normalized spacial score (nSPS) is 12.4. The van der Waals surface area contributed by atoms with Crippen molar-refractivity contribution in [3.63, 3.8) is 0 Å². The highest BCUT2D eigenvalue weighted by Crippen LogP contribution is 2.41. The summed E-state index contributed by atoms with van der Waals surface area (Å²) in [7, 11) is 2.05. The minimum atomic E-state index is -0.00585. The van der Waals surface area contributed by atoms with Gasteiger partial charge in [0.05, 0.1) is 0 Å². The molecule has 0 atom stereocenters. The number of benzene rings is 4. The fourth-order valence-corrected chi connectivity index (χ4v) is 7.64. The second-order valence-electron chi connectivity index (χ2n) is 13.9. The van der Waals surface area contributed by atoms with Crippen LogP contribution in [0.1, 0.15) is 63.8 Å². The first-order valence-corrected chi connectivity index (χ1v) is 15.6. The monoisotopic (exact) mass is 567 g/mol. The van der Waals surface area contributed by atoms with E-state index in [-0.39, 0.29) is 10.8 Å². The largest absolute Gasteiger partial charge is 0.213 e. The Morgan fingerprint density at radius 1 is 0.786 bits per heavy atom. The Hall–Kier alpha value is -4.00. The van der Waals surface area contributed by atoms with Gasteiger partial charge in [0.1, 0.15) is 18.7 Å². The van der Waals surface area contributed by atoms with Crippen molar-refractivity contribution < 1.29 is 4.57 Å². The lowest BCUT2D eigenvalue weighted by atomic mass is 9.80. The van der Waals surface area contributed by atoms with Gasteiger partial charge in [-0.05, 0) is 69.3 Å². The number of nitriles is 1. The van der Waals surface area contributed by atoms with E-state index in [1.165, 1.54) is 53.2 Å². The smallest absolute Gasteiger partial charge is 0.200 e. The lowest BCUT2D eigenvalue weighted by Gasteiger charge is -2.24. The molecule has 2 aromatic heterocycles. The SMILES string of the molecule is Cc1c(-c2cc(-c3ccc4c(c3)sc3c(CC(C)(C)C)cccc34)c(C#N)c[n+]2C)cc(C(C)(C)C)c2ccccc12. The number of aryl methyl sites for hydroxylation is 2. The van der Waals surface area contributed by atoms with Crippen molar-refractivity contribution in [2.75, 3.05) is 0 Å². The van der Waals surface area contributed by atoms with Crippen LogP contribution in [-0.2, 0) is 18.9 Å². The third-order valence-electron chi connectivity index (χ3n) is 8.40. The number of aromatic nitrogens is 1. The van der Waals surface area contributed by atoms with Crippen LogP contribution < -0.4 is 4.57 Å². The fourth-order valence-electron chi connectivity index (χ4n) is 6.39. The zero-order chi connectivity index (χ0) is 30.0. The van der Waals surface area contributed by atoms with Gasteiger partial charge in [0, 0.05) is 37.4 Å². The van der Waals surface area contributed by atoms with Crippen LogP contribution in [0.5, 0.6) is 0 Å². The summed E-state index contributed by atoms with van der Waals surface area (Å²) < 4.78 is 4.75. The summed E-state index contributed by atoms with van der Waals surface area (Å²) in [6.45, 7) is 16.0. The van der Waals surface area contributed by atoms with Gasteiger partial charge in [-0.2, -0.15) is 9.83 Å². The second kappa shape index (κ2) is 10.1. The van der Waals surface area contributed by atoms with E-state index in [0.717, 1.165) is 23.2 Å². The number of nitrogens with zero attached hydrogens (tertiary/aromatic N) is 2. The quantitative estimate of drug-likeness (QED) is 0.195. The summed E-state index contributed by atoms with van der Waals surface area (Å²) in [5, 5.41) is 15.4. The summed E-state index contributed by atoms with van der Waals surface area (Å²) in [6.07, 6.45) is 3.04. The number of thiophene rings is 1. The molecule has 0 N–H and O–H groups in total. The van der Waals surface area contributed by atoms with Crippen molar-refractivity contribution in [1.82, 2.24) is 0 Å². The molecule has 0 aliphatic rings. The van der Waals surface area contributed by atoms with E-state index in [1.54, 1.807) is 0 Å². The van der Waals surface area contributed by atoms with Crippen molar-refractivity contribution in [2.45, 2.75) is 60.3 Å². The lowest BCUT2D eigenvalue weighted by molar-refractivity contribution is -0.660. The van der Waals surface area contributed by atoms with E-state index in [0.29, 0.717) is 5.56 Å². The molecule has 42 heavy (non-hydrogen) atoms. The molecular weight excluding hydrogens is 529 g/mol. The van der Waals surface area contributed by atoms with Crippen LogP contribution in [0, 0.1) is 23.7 Å². The van der Waals surface area contributed by atoms with Gasteiger partial charge in [-0.1, -0.05) is 96.1 Å². The molecule has 0 radical (unpaired) electrons. The third kappa shape index (κ3) is 4.89. The first-order chi connectivity index (χ1) is 19.9. The number of rotatable bonds is 3. The van der Waals surface area contributed by atoms with Crippen LogP contribution in [0.25, 0.3) is 53.3 Å². The van der Waals surface area contributed by atoms with Gasteiger partial charge in [-0.25, -0.2) is 0 Å². The number of hydrogen-bond acceptors (Lipinski definition) is 2. The number of pyridine rings is 1. The van der Waals surface area contributed by atoms with Gasteiger partial charge in [-0.15, -0.1) is 11.3 Å². The molecule has 2 nitrogen and oxygen atoms in total.